The molecule has 4 rings (SSSR count). The van der Waals surface area contributed by atoms with Gasteiger partial charge in [-0.25, -0.2) is 9.67 Å². The van der Waals surface area contributed by atoms with Crippen LogP contribution >= 0.6 is 11.6 Å². The van der Waals surface area contributed by atoms with Crippen molar-refractivity contribution in [2.45, 2.75) is 18.8 Å². The molecule has 0 radical (unpaired) electrons. The molecule has 1 aliphatic carbocycles. The highest BCUT2D eigenvalue weighted by Crippen LogP contribution is 2.43. The van der Waals surface area contributed by atoms with Gasteiger partial charge in [-0.05, 0) is 31.0 Å². The molecule has 0 spiro atoms. The van der Waals surface area contributed by atoms with Crippen molar-refractivity contribution in [2.24, 2.45) is 0 Å². The highest BCUT2D eigenvalue weighted by Gasteiger charge is 2.30. The predicted octanol–water partition coefficient (Wildman–Crippen LogP) is 2.94. The van der Waals surface area contributed by atoms with Crippen molar-refractivity contribution in [3.8, 4) is 11.6 Å². The molecule has 0 aliphatic heterocycles. The normalized spacial score (nSPS) is 14.5. The highest BCUT2D eigenvalue weighted by atomic mass is 35.5. The first-order valence-electron chi connectivity index (χ1n) is 7.02. The molecule has 1 aromatic carbocycles. The Morgan fingerprint density at radius 3 is 2.91 bits per heavy atom. The fraction of sp³-hybridized carbons (Fsp3) is 0.267. The van der Waals surface area contributed by atoms with Crippen LogP contribution in [0.4, 0.5) is 5.95 Å². The topological polar surface area (TPSA) is 78.8 Å². The third-order valence-corrected chi connectivity index (χ3v) is 4.09. The van der Waals surface area contributed by atoms with E-state index in [1.165, 1.54) is 6.20 Å². The molecule has 1 aliphatic rings. The summed E-state index contributed by atoms with van der Waals surface area (Å²) in [6, 6.07) is 5.86. The van der Waals surface area contributed by atoms with Gasteiger partial charge < -0.3 is 10.5 Å². The zero-order valence-corrected chi connectivity index (χ0v) is 12.7. The van der Waals surface area contributed by atoms with Crippen molar-refractivity contribution in [2.75, 3.05) is 12.8 Å². The minimum Gasteiger partial charge on any atom is -0.497 e. The van der Waals surface area contributed by atoms with Crippen LogP contribution in [0.2, 0.25) is 5.02 Å². The van der Waals surface area contributed by atoms with E-state index in [1.807, 2.05) is 18.2 Å². The monoisotopic (exact) mass is 315 g/mol. The summed E-state index contributed by atoms with van der Waals surface area (Å²) in [5.74, 6) is 1.97. The number of ether oxygens (including phenoxy) is 1. The van der Waals surface area contributed by atoms with Crippen LogP contribution in [0.15, 0.2) is 24.4 Å². The molecule has 112 valence electrons. The van der Waals surface area contributed by atoms with Crippen molar-refractivity contribution in [1.82, 2.24) is 19.7 Å². The molecule has 0 unspecified atom stereocenters. The zero-order chi connectivity index (χ0) is 15.3. The first-order valence-corrected chi connectivity index (χ1v) is 7.40. The number of hydrogen-bond acceptors (Lipinski definition) is 5. The minimum absolute atomic E-state index is 0.171. The molecule has 2 aromatic heterocycles. The summed E-state index contributed by atoms with van der Waals surface area (Å²) in [7, 11) is 1.66. The Labute approximate surface area is 131 Å². The summed E-state index contributed by atoms with van der Waals surface area (Å²) in [6.07, 6.45) is 3.80. The summed E-state index contributed by atoms with van der Waals surface area (Å²) >= 11 is 6.23. The number of rotatable bonds is 3. The van der Waals surface area contributed by atoms with Gasteiger partial charge in [-0.2, -0.15) is 10.1 Å². The smallest absolute Gasteiger partial charge is 0.222 e. The average molecular weight is 316 g/mol. The second kappa shape index (κ2) is 4.84. The van der Waals surface area contributed by atoms with E-state index in [1.54, 1.807) is 11.8 Å². The second-order valence-corrected chi connectivity index (χ2v) is 5.76. The van der Waals surface area contributed by atoms with Crippen LogP contribution in [0.3, 0.4) is 0 Å². The van der Waals surface area contributed by atoms with Gasteiger partial charge in [0, 0.05) is 11.3 Å². The summed E-state index contributed by atoms with van der Waals surface area (Å²) in [6.45, 7) is 0. The van der Waals surface area contributed by atoms with E-state index in [4.69, 9.17) is 27.2 Å². The second-order valence-electron chi connectivity index (χ2n) is 5.35. The van der Waals surface area contributed by atoms with Crippen LogP contribution < -0.4 is 10.5 Å². The molecule has 2 heterocycles. The molecule has 7 heteroatoms. The molecule has 6 nitrogen and oxygen atoms in total. The van der Waals surface area contributed by atoms with E-state index < -0.39 is 0 Å². The number of nitrogen functional groups attached to an aromatic ring is 1. The maximum atomic E-state index is 6.23. The molecule has 0 saturated heterocycles. The molecule has 1 fully saturated rings. The van der Waals surface area contributed by atoms with Gasteiger partial charge >= 0.3 is 0 Å². The SMILES string of the molecule is COc1ccc2c(c1)c(C1CC1)nn2-c1nc(N)ncc1Cl. The van der Waals surface area contributed by atoms with Crippen LogP contribution in [0, 0.1) is 0 Å². The Balaban J connectivity index is 2.00. The number of benzene rings is 1. The number of nitrogens with two attached hydrogens (primary N) is 1. The Kier molecular flexibility index (Phi) is 2.94. The van der Waals surface area contributed by atoms with Gasteiger partial charge in [0.2, 0.25) is 5.95 Å². The van der Waals surface area contributed by atoms with E-state index in [2.05, 4.69) is 9.97 Å². The third-order valence-electron chi connectivity index (χ3n) is 3.82. The van der Waals surface area contributed by atoms with Crippen LogP contribution in [0.5, 0.6) is 5.75 Å². The van der Waals surface area contributed by atoms with Crippen molar-refractivity contribution in [3.63, 3.8) is 0 Å². The van der Waals surface area contributed by atoms with Gasteiger partial charge in [0.05, 0.1) is 24.5 Å². The van der Waals surface area contributed by atoms with Crippen molar-refractivity contribution >= 4 is 28.5 Å². The lowest BCUT2D eigenvalue weighted by atomic mass is 10.1. The molecule has 1 saturated carbocycles. The molecule has 3 aromatic rings. The van der Waals surface area contributed by atoms with Gasteiger partial charge in [0.1, 0.15) is 10.8 Å². The lowest BCUT2D eigenvalue weighted by molar-refractivity contribution is 0.415. The number of halogens is 1. The van der Waals surface area contributed by atoms with Crippen molar-refractivity contribution in [3.05, 3.63) is 35.1 Å². The number of anilines is 1. The van der Waals surface area contributed by atoms with Gasteiger partial charge in [-0.3, -0.25) is 0 Å². The first kappa shape index (κ1) is 13.3. The molecule has 22 heavy (non-hydrogen) atoms. The predicted molar refractivity (Wildman–Crippen MR) is 84.6 cm³/mol. The number of aromatic nitrogens is 4. The van der Waals surface area contributed by atoms with Crippen molar-refractivity contribution < 1.29 is 4.74 Å². The van der Waals surface area contributed by atoms with E-state index in [0.717, 1.165) is 35.2 Å². The quantitative estimate of drug-likeness (QED) is 0.804. The van der Waals surface area contributed by atoms with E-state index in [-0.39, 0.29) is 5.95 Å². The summed E-state index contributed by atoms with van der Waals surface area (Å²) in [4.78, 5) is 8.13. The summed E-state index contributed by atoms with van der Waals surface area (Å²) in [5.41, 5.74) is 7.68. The Bertz CT molecular complexity index is 872. The average Bonchev–Trinajstić information content (AvgIpc) is 3.30. The van der Waals surface area contributed by atoms with E-state index in [9.17, 15) is 0 Å². The zero-order valence-electron chi connectivity index (χ0n) is 12.0. The molecule has 0 bridgehead atoms. The lowest BCUT2D eigenvalue weighted by Crippen LogP contribution is -2.05. The fourth-order valence-corrected chi connectivity index (χ4v) is 2.76. The van der Waals surface area contributed by atoms with Gasteiger partial charge in [0.15, 0.2) is 5.82 Å². The number of nitrogens with zero attached hydrogens (tertiary/aromatic N) is 4. The van der Waals surface area contributed by atoms with Crippen LogP contribution in [-0.2, 0) is 0 Å². The van der Waals surface area contributed by atoms with Crippen LogP contribution in [0.1, 0.15) is 24.5 Å². The first-order chi connectivity index (χ1) is 10.7. The van der Waals surface area contributed by atoms with E-state index in [0.29, 0.717) is 16.8 Å². The van der Waals surface area contributed by atoms with Gasteiger partial charge in [-0.15, -0.1) is 0 Å². The number of fused-ring (bicyclic) bond motifs is 1. The molecule has 0 atom stereocenters. The molecule has 2 N–H and O–H groups in total. The van der Waals surface area contributed by atoms with Crippen LogP contribution in [0.25, 0.3) is 16.7 Å². The van der Waals surface area contributed by atoms with Gasteiger partial charge in [-0.1, -0.05) is 11.6 Å². The van der Waals surface area contributed by atoms with E-state index >= 15 is 0 Å². The van der Waals surface area contributed by atoms with Crippen LogP contribution in [-0.4, -0.2) is 26.9 Å². The van der Waals surface area contributed by atoms with Crippen molar-refractivity contribution in [1.29, 1.82) is 0 Å². The Hall–Kier alpha value is -2.34. The molecular weight excluding hydrogens is 302 g/mol. The molecule has 0 amide bonds. The lowest BCUT2D eigenvalue weighted by Gasteiger charge is -2.05. The standard InChI is InChI=1S/C15H14ClN5O/c1-22-9-4-5-12-10(6-9)13(8-2-3-8)20-21(12)14-11(16)7-18-15(17)19-14/h4-8H,2-3H2,1H3,(H2,17,18,19). The number of methoxy groups -OCH3 is 1. The minimum atomic E-state index is 0.171. The highest BCUT2D eigenvalue weighted by molar-refractivity contribution is 6.32. The maximum absolute atomic E-state index is 6.23. The molecular formula is C15H14ClN5O. The van der Waals surface area contributed by atoms with Gasteiger partial charge in [0.25, 0.3) is 0 Å². The maximum Gasteiger partial charge on any atom is 0.222 e. The fourth-order valence-electron chi connectivity index (χ4n) is 2.59. The Morgan fingerprint density at radius 2 is 2.18 bits per heavy atom. The summed E-state index contributed by atoms with van der Waals surface area (Å²) < 4.78 is 7.07. The third kappa shape index (κ3) is 2.07. The Morgan fingerprint density at radius 1 is 1.36 bits per heavy atom. The largest absolute Gasteiger partial charge is 0.497 e. The summed E-state index contributed by atoms with van der Waals surface area (Å²) in [5, 5.41) is 6.21. The number of hydrogen-bond donors (Lipinski definition) is 1.